The van der Waals surface area contributed by atoms with Gasteiger partial charge in [-0.25, -0.2) is 0 Å². The van der Waals surface area contributed by atoms with Crippen LogP contribution in [-0.4, -0.2) is 25.0 Å². The second-order valence-corrected chi connectivity index (χ2v) is 5.64. The predicted molar refractivity (Wildman–Crippen MR) is 76.5 cm³/mol. The fourth-order valence-electron chi connectivity index (χ4n) is 2.22. The van der Waals surface area contributed by atoms with Crippen LogP contribution in [0.1, 0.15) is 32.3 Å². The summed E-state index contributed by atoms with van der Waals surface area (Å²) < 4.78 is 5.91. The molecule has 3 nitrogen and oxygen atoms in total. The zero-order chi connectivity index (χ0) is 13.8. The summed E-state index contributed by atoms with van der Waals surface area (Å²) in [4.78, 5) is 11.7. The van der Waals surface area contributed by atoms with E-state index in [4.69, 9.17) is 4.74 Å². The van der Waals surface area contributed by atoms with E-state index in [1.807, 2.05) is 45.2 Å². The van der Waals surface area contributed by atoms with Gasteiger partial charge >= 0.3 is 0 Å². The zero-order valence-electron chi connectivity index (χ0n) is 12.0. The maximum Gasteiger partial charge on any atom is 0.139 e. The largest absolute Gasteiger partial charge is 0.490 e. The maximum absolute atomic E-state index is 11.7. The van der Waals surface area contributed by atoms with Gasteiger partial charge in [-0.05, 0) is 37.6 Å². The van der Waals surface area contributed by atoms with Gasteiger partial charge in [0.1, 0.15) is 17.6 Å². The molecule has 19 heavy (non-hydrogen) atoms. The molecule has 2 rings (SSSR count). The van der Waals surface area contributed by atoms with Crippen molar-refractivity contribution in [2.45, 2.75) is 45.3 Å². The van der Waals surface area contributed by atoms with Gasteiger partial charge in [0.2, 0.25) is 0 Å². The lowest BCUT2D eigenvalue weighted by Crippen LogP contribution is -2.45. The number of nitrogens with one attached hydrogen (secondary N) is 1. The third-order valence-electron chi connectivity index (χ3n) is 3.73. The molecule has 0 aromatic heterocycles. The first kappa shape index (κ1) is 14.1. The molecule has 1 aromatic rings. The SMILES string of the molecule is CNC1CC(Oc2cccc(CC(=O)C(C)C)c2)C1. The van der Waals surface area contributed by atoms with E-state index in [0.29, 0.717) is 18.6 Å². The number of Topliss-reactive ketones (excluding diaryl/α,β-unsaturated/α-hetero) is 1. The molecule has 104 valence electrons. The van der Waals surface area contributed by atoms with E-state index in [0.717, 1.165) is 24.2 Å². The zero-order valence-corrected chi connectivity index (χ0v) is 12.0. The van der Waals surface area contributed by atoms with E-state index in [1.165, 1.54) is 0 Å². The standard InChI is InChI=1S/C16H23NO2/c1-11(2)16(18)8-12-5-4-6-14(7-12)19-15-9-13(10-15)17-3/h4-7,11,13,15,17H,8-10H2,1-3H3. The smallest absolute Gasteiger partial charge is 0.139 e. The quantitative estimate of drug-likeness (QED) is 0.855. The van der Waals surface area contributed by atoms with Gasteiger partial charge in [-0.15, -0.1) is 0 Å². The van der Waals surface area contributed by atoms with Crippen LogP contribution in [0.25, 0.3) is 0 Å². The van der Waals surface area contributed by atoms with Crippen LogP contribution in [0.2, 0.25) is 0 Å². The topological polar surface area (TPSA) is 38.3 Å². The monoisotopic (exact) mass is 261 g/mol. The fraction of sp³-hybridized carbons (Fsp3) is 0.562. The van der Waals surface area contributed by atoms with Crippen LogP contribution in [0.15, 0.2) is 24.3 Å². The van der Waals surface area contributed by atoms with Gasteiger partial charge in [0.15, 0.2) is 0 Å². The molecule has 0 aliphatic heterocycles. The van der Waals surface area contributed by atoms with Gasteiger partial charge in [-0.3, -0.25) is 4.79 Å². The first-order valence-electron chi connectivity index (χ1n) is 7.04. The summed E-state index contributed by atoms with van der Waals surface area (Å²) in [6, 6.07) is 8.51. The Labute approximate surface area is 115 Å². The molecule has 1 aromatic carbocycles. The summed E-state index contributed by atoms with van der Waals surface area (Å²) in [5.74, 6) is 1.25. The van der Waals surface area contributed by atoms with Crippen LogP contribution in [-0.2, 0) is 11.2 Å². The van der Waals surface area contributed by atoms with Crippen molar-refractivity contribution in [3.8, 4) is 5.75 Å². The van der Waals surface area contributed by atoms with Crippen molar-refractivity contribution in [3.63, 3.8) is 0 Å². The highest BCUT2D eigenvalue weighted by Gasteiger charge is 2.29. The number of hydrogen-bond acceptors (Lipinski definition) is 3. The third-order valence-corrected chi connectivity index (χ3v) is 3.73. The second kappa shape index (κ2) is 6.20. The second-order valence-electron chi connectivity index (χ2n) is 5.64. The molecule has 0 unspecified atom stereocenters. The van der Waals surface area contributed by atoms with Crippen molar-refractivity contribution >= 4 is 5.78 Å². The van der Waals surface area contributed by atoms with Gasteiger partial charge in [-0.2, -0.15) is 0 Å². The van der Waals surface area contributed by atoms with Crippen LogP contribution < -0.4 is 10.1 Å². The number of ketones is 1. The Hall–Kier alpha value is -1.35. The summed E-state index contributed by atoms with van der Waals surface area (Å²) in [6.07, 6.45) is 2.93. The molecule has 0 heterocycles. The minimum absolute atomic E-state index is 0.0904. The van der Waals surface area contributed by atoms with Crippen LogP contribution >= 0.6 is 0 Å². The predicted octanol–water partition coefficient (Wildman–Crippen LogP) is 2.58. The highest BCUT2D eigenvalue weighted by Crippen LogP contribution is 2.26. The average molecular weight is 261 g/mol. The normalized spacial score (nSPS) is 22.1. The van der Waals surface area contributed by atoms with E-state index >= 15 is 0 Å². The Morgan fingerprint density at radius 1 is 1.42 bits per heavy atom. The number of carbonyl (C=O) groups excluding carboxylic acids is 1. The van der Waals surface area contributed by atoms with Crippen LogP contribution in [0, 0.1) is 5.92 Å². The van der Waals surface area contributed by atoms with E-state index in [1.54, 1.807) is 0 Å². The lowest BCUT2D eigenvalue weighted by atomic mass is 9.89. The molecular formula is C16H23NO2. The molecule has 0 radical (unpaired) electrons. The van der Waals surface area contributed by atoms with Gasteiger partial charge in [-0.1, -0.05) is 26.0 Å². The Balaban J connectivity index is 1.90. The van der Waals surface area contributed by atoms with Crippen molar-refractivity contribution in [1.29, 1.82) is 0 Å². The van der Waals surface area contributed by atoms with Crippen molar-refractivity contribution < 1.29 is 9.53 Å². The molecule has 0 bridgehead atoms. The highest BCUT2D eigenvalue weighted by atomic mass is 16.5. The van der Waals surface area contributed by atoms with Gasteiger partial charge in [0, 0.05) is 18.4 Å². The first-order chi connectivity index (χ1) is 9.08. The van der Waals surface area contributed by atoms with E-state index in [2.05, 4.69) is 5.32 Å². The first-order valence-corrected chi connectivity index (χ1v) is 7.04. The number of ether oxygens (including phenoxy) is 1. The molecule has 1 saturated carbocycles. The van der Waals surface area contributed by atoms with Crippen LogP contribution in [0.3, 0.4) is 0 Å². The van der Waals surface area contributed by atoms with E-state index < -0.39 is 0 Å². The summed E-state index contributed by atoms with van der Waals surface area (Å²) >= 11 is 0. The van der Waals surface area contributed by atoms with E-state index in [-0.39, 0.29) is 11.7 Å². The Kier molecular flexibility index (Phi) is 4.59. The summed E-state index contributed by atoms with van der Waals surface area (Å²) in [5.41, 5.74) is 1.04. The molecule has 1 fully saturated rings. The van der Waals surface area contributed by atoms with Gasteiger partial charge < -0.3 is 10.1 Å². The van der Waals surface area contributed by atoms with Crippen LogP contribution in [0.4, 0.5) is 0 Å². The van der Waals surface area contributed by atoms with Crippen molar-refractivity contribution in [1.82, 2.24) is 5.32 Å². The molecule has 3 heteroatoms. The summed E-state index contributed by atoms with van der Waals surface area (Å²) in [5, 5.41) is 3.24. The summed E-state index contributed by atoms with van der Waals surface area (Å²) in [7, 11) is 1.99. The minimum atomic E-state index is 0.0904. The number of benzene rings is 1. The molecule has 0 amide bonds. The molecular weight excluding hydrogens is 238 g/mol. The third kappa shape index (κ3) is 3.80. The Morgan fingerprint density at radius 2 is 2.16 bits per heavy atom. The molecule has 0 spiro atoms. The molecule has 1 aliphatic carbocycles. The average Bonchev–Trinajstić information content (AvgIpc) is 2.33. The lowest BCUT2D eigenvalue weighted by molar-refractivity contribution is -0.121. The Morgan fingerprint density at radius 3 is 2.79 bits per heavy atom. The van der Waals surface area contributed by atoms with Crippen molar-refractivity contribution in [3.05, 3.63) is 29.8 Å². The van der Waals surface area contributed by atoms with Gasteiger partial charge in [0.05, 0.1) is 0 Å². The number of rotatable bonds is 6. The minimum Gasteiger partial charge on any atom is -0.490 e. The fourth-order valence-corrected chi connectivity index (χ4v) is 2.22. The molecule has 0 atom stereocenters. The summed E-state index contributed by atoms with van der Waals surface area (Å²) in [6.45, 7) is 3.88. The van der Waals surface area contributed by atoms with Gasteiger partial charge in [0.25, 0.3) is 0 Å². The van der Waals surface area contributed by atoms with E-state index in [9.17, 15) is 4.79 Å². The van der Waals surface area contributed by atoms with Crippen molar-refractivity contribution in [2.24, 2.45) is 5.92 Å². The van der Waals surface area contributed by atoms with Crippen LogP contribution in [0.5, 0.6) is 5.75 Å². The molecule has 0 saturated heterocycles. The highest BCUT2D eigenvalue weighted by molar-refractivity contribution is 5.82. The Bertz CT molecular complexity index is 436. The molecule has 1 aliphatic rings. The number of hydrogen-bond donors (Lipinski definition) is 1. The molecule has 1 N–H and O–H groups in total. The lowest BCUT2D eigenvalue weighted by Gasteiger charge is -2.35. The maximum atomic E-state index is 11.7. The number of carbonyl (C=O) groups is 1. The van der Waals surface area contributed by atoms with Crippen molar-refractivity contribution in [2.75, 3.05) is 7.05 Å².